The second kappa shape index (κ2) is 4.92. The third-order valence-electron chi connectivity index (χ3n) is 2.59. The molecule has 0 fully saturated rings. The fourth-order valence-corrected chi connectivity index (χ4v) is 1.68. The van der Waals surface area contributed by atoms with Crippen molar-refractivity contribution in [2.75, 3.05) is 5.32 Å². The van der Waals surface area contributed by atoms with E-state index >= 15 is 0 Å². The van der Waals surface area contributed by atoms with Crippen molar-refractivity contribution in [2.45, 2.75) is 39.2 Å². The zero-order chi connectivity index (χ0) is 11.4. The summed E-state index contributed by atoms with van der Waals surface area (Å²) >= 11 is 0. The summed E-state index contributed by atoms with van der Waals surface area (Å²) in [5.74, 6) is 0.809. The Hall–Kier alpha value is -1.65. The third-order valence-corrected chi connectivity index (χ3v) is 2.59. The molecular weight excluding hydrogens is 202 g/mol. The zero-order valence-electron chi connectivity index (χ0n) is 9.72. The Balaban J connectivity index is 2.11. The van der Waals surface area contributed by atoms with Crippen LogP contribution in [0.5, 0.6) is 0 Å². The van der Waals surface area contributed by atoms with Crippen LogP contribution in [0, 0.1) is 0 Å². The van der Waals surface area contributed by atoms with E-state index in [4.69, 9.17) is 0 Å². The lowest BCUT2D eigenvalue weighted by Gasteiger charge is -2.13. The van der Waals surface area contributed by atoms with Crippen LogP contribution in [0.4, 0.5) is 5.82 Å². The number of nitrogens with one attached hydrogen (secondary N) is 1. The summed E-state index contributed by atoms with van der Waals surface area (Å²) in [4.78, 5) is 4.29. The van der Waals surface area contributed by atoms with Crippen molar-refractivity contribution in [1.82, 2.24) is 19.6 Å². The maximum absolute atomic E-state index is 4.29. The molecule has 0 saturated carbocycles. The lowest BCUT2D eigenvalue weighted by Crippen LogP contribution is -2.16. The van der Waals surface area contributed by atoms with Gasteiger partial charge in [-0.15, -0.1) is 10.2 Å². The first kappa shape index (κ1) is 10.9. The van der Waals surface area contributed by atoms with Gasteiger partial charge in [0.25, 0.3) is 0 Å². The molecule has 2 aromatic rings. The molecule has 2 heterocycles. The summed E-state index contributed by atoms with van der Waals surface area (Å²) in [7, 11) is 0. The van der Waals surface area contributed by atoms with Gasteiger partial charge in [0.15, 0.2) is 5.82 Å². The number of nitrogens with zero attached hydrogens (tertiary/aromatic N) is 4. The number of hydrogen-bond acceptors (Lipinski definition) is 4. The van der Waals surface area contributed by atoms with E-state index in [-0.39, 0.29) is 0 Å². The molecule has 0 aliphatic carbocycles. The molecule has 0 spiro atoms. The van der Waals surface area contributed by atoms with Gasteiger partial charge < -0.3 is 5.32 Å². The molecule has 0 aliphatic heterocycles. The van der Waals surface area contributed by atoms with Crippen LogP contribution in [0.25, 0.3) is 5.65 Å². The van der Waals surface area contributed by atoms with Gasteiger partial charge in [-0.05, 0) is 13.3 Å². The van der Waals surface area contributed by atoms with Crippen LogP contribution in [-0.2, 0) is 0 Å². The molecule has 5 heteroatoms. The molecule has 16 heavy (non-hydrogen) atoms. The van der Waals surface area contributed by atoms with Crippen molar-refractivity contribution in [2.24, 2.45) is 0 Å². The van der Waals surface area contributed by atoms with Crippen LogP contribution in [0.15, 0.2) is 18.7 Å². The third kappa shape index (κ3) is 2.29. The van der Waals surface area contributed by atoms with Gasteiger partial charge in [0.2, 0.25) is 5.65 Å². The van der Waals surface area contributed by atoms with Crippen molar-refractivity contribution < 1.29 is 0 Å². The summed E-state index contributed by atoms with van der Waals surface area (Å²) in [6, 6.07) is 0.412. The summed E-state index contributed by atoms with van der Waals surface area (Å²) in [6.45, 7) is 4.36. The molecule has 0 saturated heterocycles. The summed E-state index contributed by atoms with van der Waals surface area (Å²) in [6.07, 6.45) is 8.87. The quantitative estimate of drug-likeness (QED) is 0.836. The highest BCUT2D eigenvalue weighted by molar-refractivity contribution is 5.61. The van der Waals surface area contributed by atoms with Crippen molar-refractivity contribution in [1.29, 1.82) is 0 Å². The molecule has 1 atom stereocenters. The van der Waals surface area contributed by atoms with Gasteiger partial charge in [-0.25, -0.2) is 4.98 Å². The van der Waals surface area contributed by atoms with E-state index in [0.29, 0.717) is 6.04 Å². The van der Waals surface area contributed by atoms with E-state index in [1.807, 2.05) is 10.6 Å². The van der Waals surface area contributed by atoms with Crippen molar-refractivity contribution >= 4 is 11.5 Å². The molecule has 0 aliphatic rings. The summed E-state index contributed by atoms with van der Waals surface area (Å²) in [5.41, 5.74) is 0.783. The molecule has 0 amide bonds. The number of hydrogen-bond donors (Lipinski definition) is 1. The molecule has 1 N–H and O–H groups in total. The highest BCUT2D eigenvalue weighted by Crippen LogP contribution is 2.13. The van der Waals surface area contributed by atoms with E-state index in [1.54, 1.807) is 12.5 Å². The lowest BCUT2D eigenvalue weighted by atomic mass is 10.1. The minimum Gasteiger partial charge on any atom is -0.364 e. The van der Waals surface area contributed by atoms with Crippen LogP contribution >= 0.6 is 0 Å². The van der Waals surface area contributed by atoms with E-state index < -0.39 is 0 Å². The Bertz CT molecular complexity index is 450. The number of anilines is 1. The molecule has 1 unspecified atom stereocenters. The molecule has 86 valence electrons. The van der Waals surface area contributed by atoms with Crippen LogP contribution < -0.4 is 5.32 Å². The number of unbranched alkanes of at least 4 members (excludes halogenated alkanes) is 1. The minimum atomic E-state index is 0.412. The molecular formula is C11H17N5. The van der Waals surface area contributed by atoms with Crippen LogP contribution in [0.2, 0.25) is 0 Å². The first-order valence-corrected chi connectivity index (χ1v) is 5.72. The molecule has 5 nitrogen and oxygen atoms in total. The van der Waals surface area contributed by atoms with Crippen molar-refractivity contribution in [3.8, 4) is 0 Å². The average molecular weight is 219 g/mol. The molecule has 2 rings (SSSR count). The largest absolute Gasteiger partial charge is 0.364 e. The number of fused-ring (bicyclic) bond motifs is 1. The van der Waals surface area contributed by atoms with E-state index in [1.165, 1.54) is 12.8 Å². The molecule has 0 bridgehead atoms. The zero-order valence-corrected chi connectivity index (χ0v) is 9.72. The normalized spacial score (nSPS) is 12.9. The Morgan fingerprint density at radius 1 is 1.50 bits per heavy atom. The van der Waals surface area contributed by atoms with E-state index in [9.17, 15) is 0 Å². The predicted molar refractivity (Wildman–Crippen MR) is 63.4 cm³/mol. The van der Waals surface area contributed by atoms with Gasteiger partial charge in [-0.1, -0.05) is 19.8 Å². The Kier molecular flexibility index (Phi) is 3.34. The van der Waals surface area contributed by atoms with Crippen LogP contribution in [-0.4, -0.2) is 25.6 Å². The fourth-order valence-electron chi connectivity index (χ4n) is 1.68. The summed E-state index contributed by atoms with van der Waals surface area (Å²) < 4.78 is 1.86. The Labute approximate surface area is 94.9 Å². The van der Waals surface area contributed by atoms with Crippen molar-refractivity contribution in [3.05, 3.63) is 18.7 Å². The highest BCUT2D eigenvalue weighted by Gasteiger charge is 2.07. The molecule has 2 aromatic heterocycles. The van der Waals surface area contributed by atoms with Crippen LogP contribution in [0.1, 0.15) is 33.1 Å². The first-order chi connectivity index (χ1) is 7.81. The maximum Gasteiger partial charge on any atom is 0.203 e. The fraction of sp³-hybridized carbons (Fsp3) is 0.545. The SMILES string of the molecule is CCCCC(C)Nc1nccn2cnnc12. The van der Waals surface area contributed by atoms with Gasteiger partial charge in [-0.3, -0.25) is 4.40 Å². The van der Waals surface area contributed by atoms with Gasteiger partial charge in [0, 0.05) is 18.4 Å². The second-order valence-corrected chi connectivity index (χ2v) is 4.03. The molecule has 0 radical (unpaired) electrons. The molecule has 0 aromatic carbocycles. The van der Waals surface area contributed by atoms with E-state index in [2.05, 4.69) is 34.3 Å². The van der Waals surface area contributed by atoms with Gasteiger partial charge in [0.05, 0.1) is 0 Å². The maximum atomic E-state index is 4.29. The van der Waals surface area contributed by atoms with Gasteiger partial charge in [0.1, 0.15) is 6.33 Å². The standard InChI is InChI=1S/C11H17N5/c1-3-4-5-9(2)14-10-11-15-13-8-16(11)7-6-12-10/h6-9H,3-5H2,1-2H3,(H,12,14). The van der Waals surface area contributed by atoms with Gasteiger partial charge in [-0.2, -0.15) is 0 Å². The second-order valence-electron chi connectivity index (χ2n) is 4.03. The van der Waals surface area contributed by atoms with Crippen LogP contribution in [0.3, 0.4) is 0 Å². The minimum absolute atomic E-state index is 0.412. The van der Waals surface area contributed by atoms with Gasteiger partial charge >= 0.3 is 0 Å². The Morgan fingerprint density at radius 2 is 2.38 bits per heavy atom. The Morgan fingerprint density at radius 3 is 3.19 bits per heavy atom. The smallest absolute Gasteiger partial charge is 0.203 e. The highest BCUT2D eigenvalue weighted by atomic mass is 15.2. The van der Waals surface area contributed by atoms with Crippen molar-refractivity contribution in [3.63, 3.8) is 0 Å². The predicted octanol–water partition coefficient (Wildman–Crippen LogP) is 2.11. The lowest BCUT2D eigenvalue weighted by molar-refractivity contribution is 0.643. The number of rotatable bonds is 5. The topological polar surface area (TPSA) is 55.1 Å². The monoisotopic (exact) mass is 219 g/mol. The average Bonchev–Trinajstić information content (AvgIpc) is 2.75. The number of aromatic nitrogens is 4. The first-order valence-electron chi connectivity index (χ1n) is 5.72. The summed E-state index contributed by atoms with van der Waals surface area (Å²) in [5, 5.41) is 11.3. The van der Waals surface area contributed by atoms with E-state index in [0.717, 1.165) is 17.9 Å².